The summed E-state index contributed by atoms with van der Waals surface area (Å²) >= 11 is 1.44. The third-order valence-corrected chi connectivity index (χ3v) is 5.67. The number of aromatic nitrogens is 1. The molecule has 2 aromatic carbocycles. The van der Waals surface area contributed by atoms with E-state index in [9.17, 15) is 10.1 Å². The van der Waals surface area contributed by atoms with Gasteiger partial charge >= 0.3 is 0 Å². The number of thiazole rings is 1. The van der Waals surface area contributed by atoms with Crippen molar-refractivity contribution in [3.63, 3.8) is 0 Å². The van der Waals surface area contributed by atoms with E-state index in [-0.39, 0.29) is 5.69 Å². The van der Waals surface area contributed by atoms with Gasteiger partial charge in [-0.15, -0.1) is 0 Å². The first-order chi connectivity index (χ1) is 14.4. The summed E-state index contributed by atoms with van der Waals surface area (Å²) in [5, 5.41) is 11.6. The normalized spacial score (nSPS) is 11.3. The van der Waals surface area contributed by atoms with Crippen LogP contribution >= 0.6 is 11.3 Å². The fourth-order valence-corrected chi connectivity index (χ4v) is 4.13. The minimum Gasteiger partial charge on any atom is -0.460 e. The molecular formula is C23H19N3O3S. The molecule has 0 N–H and O–H groups in total. The highest BCUT2D eigenvalue weighted by atomic mass is 32.1. The molecule has 0 fully saturated rings. The summed E-state index contributed by atoms with van der Waals surface area (Å²) < 4.78 is 5.54. The number of aliphatic imine (C=N–C) groups is 1. The van der Waals surface area contributed by atoms with Crippen molar-refractivity contribution >= 4 is 28.4 Å². The van der Waals surface area contributed by atoms with Gasteiger partial charge in [0.2, 0.25) is 5.13 Å². The minimum atomic E-state index is -0.400. The van der Waals surface area contributed by atoms with Crippen molar-refractivity contribution < 1.29 is 9.34 Å². The molecule has 2 heterocycles. The maximum Gasteiger partial charge on any atom is 0.269 e. The molecule has 0 aliphatic rings. The van der Waals surface area contributed by atoms with Crippen LogP contribution in [0.3, 0.4) is 0 Å². The van der Waals surface area contributed by atoms with Crippen LogP contribution in [0, 0.1) is 30.9 Å². The topological polar surface area (TPSA) is 81.5 Å². The largest absolute Gasteiger partial charge is 0.460 e. The molecule has 0 unspecified atom stereocenters. The van der Waals surface area contributed by atoms with Gasteiger partial charge in [0.25, 0.3) is 5.69 Å². The second kappa shape index (κ2) is 8.04. The third-order valence-electron chi connectivity index (χ3n) is 4.66. The van der Waals surface area contributed by atoms with Crippen LogP contribution in [-0.4, -0.2) is 16.1 Å². The van der Waals surface area contributed by atoms with Crippen molar-refractivity contribution in [3.05, 3.63) is 87.4 Å². The Bertz CT molecular complexity index is 1250. The first kappa shape index (κ1) is 19.7. The molecule has 6 nitrogen and oxygen atoms in total. The van der Waals surface area contributed by atoms with Gasteiger partial charge in [-0.1, -0.05) is 35.1 Å². The molecule has 0 spiro atoms. The maximum absolute atomic E-state index is 11.0. The minimum absolute atomic E-state index is 0.0581. The third kappa shape index (κ3) is 4.06. The van der Waals surface area contributed by atoms with Crippen LogP contribution in [0.4, 0.5) is 10.8 Å². The highest BCUT2D eigenvalue weighted by Gasteiger charge is 2.17. The number of furan rings is 1. The Balaban J connectivity index is 1.80. The zero-order chi connectivity index (χ0) is 21.3. The average molecular weight is 417 g/mol. The van der Waals surface area contributed by atoms with Gasteiger partial charge < -0.3 is 4.42 Å². The van der Waals surface area contributed by atoms with E-state index in [1.165, 1.54) is 29.0 Å². The van der Waals surface area contributed by atoms with Crippen LogP contribution in [0.2, 0.25) is 0 Å². The van der Waals surface area contributed by atoms with Gasteiger partial charge in [0.1, 0.15) is 11.5 Å². The number of aryl methyl sites for hydroxylation is 3. The van der Waals surface area contributed by atoms with Gasteiger partial charge in [-0.3, -0.25) is 10.1 Å². The van der Waals surface area contributed by atoms with Crippen molar-refractivity contribution in [1.29, 1.82) is 0 Å². The van der Waals surface area contributed by atoms with Crippen LogP contribution in [0.25, 0.3) is 21.7 Å². The number of benzene rings is 2. The summed E-state index contributed by atoms with van der Waals surface area (Å²) in [6, 6.07) is 16.5. The lowest BCUT2D eigenvalue weighted by molar-refractivity contribution is -0.384. The monoisotopic (exact) mass is 417 g/mol. The first-order valence-corrected chi connectivity index (χ1v) is 10.2. The molecule has 2 aromatic heterocycles. The first-order valence-electron chi connectivity index (χ1n) is 9.34. The molecule has 30 heavy (non-hydrogen) atoms. The Morgan fingerprint density at radius 2 is 1.83 bits per heavy atom. The molecule has 150 valence electrons. The van der Waals surface area contributed by atoms with Crippen LogP contribution in [0.5, 0.6) is 0 Å². The Morgan fingerprint density at radius 1 is 1.07 bits per heavy atom. The van der Waals surface area contributed by atoms with Crippen LogP contribution in [0.1, 0.15) is 22.6 Å². The van der Waals surface area contributed by atoms with E-state index >= 15 is 0 Å². The number of hydrogen-bond donors (Lipinski definition) is 0. The van der Waals surface area contributed by atoms with Crippen LogP contribution in [0.15, 0.2) is 64.0 Å². The summed E-state index contributed by atoms with van der Waals surface area (Å²) in [5.74, 6) is 1.48. The number of hydrogen-bond acceptors (Lipinski definition) is 6. The maximum atomic E-state index is 11.0. The lowest BCUT2D eigenvalue weighted by Gasteiger charge is -2.07. The second-order valence-corrected chi connectivity index (χ2v) is 7.98. The van der Waals surface area contributed by atoms with Gasteiger partial charge in [0.15, 0.2) is 0 Å². The lowest BCUT2D eigenvalue weighted by Crippen LogP contribution is -1.89. The Labute approximate surface area is 177 Å². The summed E-state index contributed by atoms with van der Waals surface area (Å²) in [5.41, 5.74) is 5.04. The smallest absolute Gasteiger partial charge is 0.269 e. The predicted octanol–water partition coefficient (Wildman–Crippen LogP) is 6.65. The molecule has 0 saturated carbocycles. The van der Waals surface area contributed by atoms with E-state index in [4.69, 9.17) is 9.40 Å². The predicted molar refractivity (Wildman–Crippen MR) is 120 cm³/mol. The van der Waals surface area contributed by atoms with Crippen molar-refractivity contribution in [2.75, 3.05) is 0 Å². The molecule has 4 aromatic rings. The van der Waals surface area contributed by atoms with Crippen molar-refractivity contribution in [2.45, 2.75) is 20.8 Å². The number of nitro groups is 1. The lowest BCUT2D eigenvalue weighted by atomic mass is 10.0. The highest BCUT2D eigenvalue weighted by molar-refractivity contribution is 7.19. The fourth-order valence-electron chi connectivity index (χ4n) is 3.20. The molecule has 0 aliphatic carbocycles. The zero-order valence-corrected chi connectivity index (χ0v) is 17.6. The SMILES string of the molecule is Cc1ccc(-c2nc(N=Cc3ccc(C)o3)sc2-c2ccc([N+](=O)[O-])cc2)c(C)c1. The number of nitrogens with zero attached hydrogens (tertiary/aromatic N) is 3. The Kier molecular flexibility index (Phi) is 5.29. The molecule has 4 rings (SSSR count). The Hall–Kier alpha value is -3.58. The summed E-state index contributed by atoms with van der Waals surface area (Å²) in [7, 11) is 0. The van der Waals surface area contributed by atoms with Gasteiger partial charge in [-0.2, -0.15) is 0 Å². The highest BCUT2D eigenvalue weighted by Crippen LogP contribution is 2.41. The van der Waals surface area contributed by atoms with Crippen LogP contribution in [-0.2, 0) is 0 Å². The zero-order valence-electron chi connectivity index (χ0n) is 16.7. The summed E-state index contributed by atoms with van der Waals surface area (Å²) in [6.07, 6.45) is 1.65. The van der Waals surface area contributed by atoms with Crippen molar-refractivity contribution in [3.8, 4) is 21.7 Å². The molecule has 0 radical (unpaired) electrons. The van der Waals surface area contributed by atoms with E-state index in [1.54, 1.807) is 18.3 Å². The Morgan fingerprint density at radius 3 is 2.47 bits per heavy atom. The molecule has 0 amide bonds. The van der Waals surface area contributed by atoms with E-state index in [2.05, 4.69) is 37.0 Å². The average Bonchev–Trinajstić information content (AvgIpc) is 3.32. The number of rotatable bonds is 5. The van der Waals surface area contributed by atoms with E-state index in [1.807, 2.05) is 19.1 Å². The van der Waals surface area contributed by atoms with Gasteiger partial charge in [-0.05, 0) is 56.2 Å². The fraction of sp³-hybridized carbons (Fsp3) is 0.130. The van der Waals surface area contributed by atoms with Gasteiger partial charge in [0, 0.05) is 17.7 Å². The second-order valence-electron chi connectivity index (χ2n) is 7.00. The number of nitro benzene ring substituents is 1. The van der Waals surface area contributed by atoms with Crippen molar-refractivity contribution in [1.82, 2.24) is 4.98 Å². The molecule has 0 saturated heterocycles. The molecule has 0 bridgehead atoms. The molecule has 7 heteroatoms. The quantitative estimate of drug-likeness (QED) is 0.207. The van der Waals surface area contributed by atoms with E-state index in [0.29, 0.717) is 10.9 Å². The van der Waals surface area contributed by atoms with Gasteiger partial charge in [0.05, 0.1) is 21.7 Å². The van der Waals surface area contributed by atoms with Crippen LogP contribution < -0.4 is 0 Å². The molecule has 0 aliphatic heterocycles. The molecule has 0 atom stereocenters. The van der Waals surface area contributed by atoms with Crippen molar-refractivity contribution in [2.24, 2.45) is 4.99 Å². The van der Waals surface area contributed by atoms with E-state index < -0.39 is 4.92 Å². The standard InChI is InChI=1S/C23H19N3O3S/c1-14-4-11-20(15(2)12-14)21-22(17-6-8-18(9-7-17)26(27)28)30-23(25-21)24-13-19-10-5-16(3)29-19/h4-13H,1-3H3. The summed E-state index contributed by atoms with van der Waals surface area (Å²) in [6.45, 7) is 5.98. The van der Waals surface area contributed by atoms with E-state index in [0.717, 1.165) is 33.0 Å². The summed E-state index contributed by atoms with van der Waals surface area (Å²) in [4.78, 5) is 20.8. The van der Waals surface area contributed by atoms with Gasteiger partial charge in [-0.25, -0.2) is 9.98 Å². The molecular weight excluding hydrogens is 398 g/mol. The number of non-ortho nitro benzene ring substituents is 1.